The average Bonchev–Trinajstić information content (AvgIpc) is 2.98. The summed E-state index contributed by atoms with van der Waals surface area (Å²) in [6.07, 6.45) is 1.96. The number of carbonyl (C=O) groups is 2. The molecule has 0 aliphatic heterocycles. The first-order chi connectivity index (χ1) is 8.41. The molecule has 2 rings (SSSR count). The van der Waals surface area contributed by atoms with Gasteiger partial charge in [0.05, 0.1) is 5.56 Å². The summed E-state index contributed by atoms with van der Waals surface area (Å²) < 4.78 is 0. The summed E-state index contributed by atoms with van der Waals surface area (Å²) >= 11 is 0. The van der Waals surface area contributed by atoms with Crippen LogP contribution in [0.2, 0.25) is 0 Å². The molecule has 1 aromatic carbocycles. The van der Waals surface area contributed by atoms with Gasteiger partial charge in [-0.15, -0.1) is 0 Å². The minimum Gasteiger partial charge on any atom is -0.478 e. The number of carboxylic acid groups (broad SMARTS) is 1. The van der Waals surface area contributed by atoms with E-state index in [-0.39, 0.29) is 17.1 Å². The Morgan fingerprint density at radius 2 is 2.00 bits per heavy atom. The molecule has 2 amide bonds. The number of carboxylic acids is 1. The van der Waals surface area contributed by atoms with Crippen molar-refractivity contribution in [2.24, 2.45) is 0 Å². The lowest BCUT2D eigenvalue weighted by atomic mass is 10.1. The quantitative estimate of drug-likeness (QED) is 0.768. The molecule has 1 aliphatic carbocycles. The second kappa shape index (κ2) is 4.33. The van der Waals surface area contributed by atoms with Gasteiger partial charge >= 0.3 is 12.0 Å². The zero-order valence-electron chi connectivity index (χ0n) is 10.4. The van der Waals surface area contributed by atoms with Crippen LogP contribution in [0.25, 0.3) is 0 Å². The molecular weight excluding hydrogens is 232 g/mol. The highest BCUT2D eigenvalue weighted by Gasteiger charge is 2.38. The Bertz CT molecular complexity index is 507. The molecule has 0 spiro atoms. The number of anilines is 1. The third-order valence-electron chi connectivity index (χ3n) is 3.23. The molecule has 0 heterocycles. The summed E-state index contributed by atoms with van der Waals surface area (Å²) in [4.78, 5) is 22.7. The van der Waals surface area contributed by atoms with Crippen LogP contribution in [0.3, 0.4) is 0 Å². The Kier molecular flexibility index (Phi) is 2.98. The summed E-state index contributed by atoms with van der Waals surface area (Å²) in [6.45, 7) is 3.66. The van der Waals surface area contributed by atoms with Crippen LogP contribution in [0, 0.1) is 6.92 Å². The van der Waals surface area contributed by atoms with Gasteiger partial charge in [-0.2, -0.15) is 0 Å². The Morgan fingerprint density at radius 3 is 2.56 bits per heavy atom. The van der Waals surface area contributed by atoms with Crippen molar-refractivity contribution in [2.75, 3.05) is 5.32 Å². The van der Waals surface area contributed by atoms with Crippen molar-refractivity contribution >= 4 is 17.7 Å². The summed E-state index contributed by atoms with van der Waals surface area (Å²) in [5.74, 6) is -0.995. The number of hydrogen-bond acceptors (Lipinski definition) is 2. The van der Waals surface area contributed by atoms with Gasteiger partial charge in [-0.25, -0.2) is 9.59 Å². The Labute approximate surface area is 105 Å². The first-order valence-corrected chi connectivity index (χ1v) is 5.83. The Morgan fingerprint density at radius 1 is 1.33 bits per heavy atom. The van der Waals surface area contributed by atoms with Crippen LogP contribution in [-0.4, -0.2) is 22.6 Å². The van der Waals surface area contributed by atoms with Crippen molar-refractivity contribution in [3.8, 4) is 0 Å². The number of aromatic carboxylic acids is 1. The highest BCUT2D eigenvalue weighted by atomic mass is 16.4. The molecule has 0 saturated heterocycles. The Hall–Kier alpha value is -2.04. The first-order valence-electron chi connectivity index (χ1n) is 5.83. The van der Waals surface area contributed by atoms with Gasteiger partial charge in [0.2, 0.25) is 0 Å². The fourth-order valence-electron chi connectivity index (χ4n) is 1.74. The smallest absolute Gasteiger partial charge is 0.336 e. The lowest BCUT2D eigenvalue weighted by Crippen LogP contribution is -2.37. The summed E-state index contributed by atoms with van der Waals surface area (Å²) in [6, 6.07) is 4.53. The molecule has 96 valence electrons. The summed E-state index contributed by atoms with van der Waals surface area (Å²) in [5, 5.41) is 14.5. The second-order valence-corrected chi connectivity index (χ2v) is 4.92. The molecule has 1 aliphatic rings. The SMILES string of the molecule is Cc1c(NC(=O)NC2(C)CC2)cccc1C(=O)O. The van der Waals surface area contributed by atoms with Crippen molar-refractivity contribution < 1.29 is 14.7 Å². The fourth-order valence-corrected chi connectivity index (χ4v) is 1.74. The molecule has 5 heteroatoms. The number of urea groups is 1. The van der Waals surface area contributed by atoms with E-state index < -0.39 is 5.97 Å². The highest BCUT2D eigenvalue weighted by molar-refractivity contribution is 5.95. The van der Waals surface area contributed by atoms with Crippen molar-refractivity contribution in [1.29, 1.82) is 0 Å². The molecule has 1 fully saturated rings. The minimum absolute atomic E-state index is 0.0948. The van der Waals surface area contributed by atoms with Crippen molar-refractivity contribution in [1.82, 2.24) is 5.32 Å². The van der Waals surface area contributed by atoms with Crippen molar-refractivity contribution in [3.05, 3.63) is 29.3 Å². The monoisotopic (exact) mass is 248 g/mol. The van der Waals surface area contributed by atoms with E-state index in [1.165, 1.54) is 6.07 Å². The molecule has 1 aromatic rings. The maximum Gasteiger partial charge on any atom is 0.336 e. The molecule has 18 heavy (non-hydrogen) atoms. The zero-order valence-corrected chi connectivity index (χ0v) is 10.4. The van der Waals surface area contributed by atoms with E-state index in [2.05, 4.69) is 10.6 Å². The Balaban J connectivity index is 2.11. The first kappa shape index (κ1) is 12.4. The van der Waals surface area contributed by atoms with Gasteiger partial charge < -0.3 is 15.7 Å². The van der Waals surface area contributed by atoms with Gasteiger partial charge in [0.15, 0.2) is 0 Å². The molecule has 1 saturated carbocycles. The standard InChI is InChI=1S/C13H16N2O3/c1-8-9(11(16)17)4-3-5-10(8)14-12(18)15-13(2)6-7-13/h3-5H,6-7H2,1-2H3,(H,16,17)(H2,14,15,18). The fraction of sp³-hybridized carbons (Fsp3) is 0.385. The predicted molar refractivity (Wildman–Crippen MR) is 67.9 cm³/mol. The lowest BCUT2D eigenvalue weighted by molar-refractivity contribution is 0.0696. The minimum atomic E-state index is -0.995. The van der Waals surface area contributed by atoms with E-state index in [9.17, 15) is 9.59 Å². The van der Waals surface area contributed by atoms with Crippen LogP contribution in [0.15, 0.2) is 18.2 Å². The summed E-state index contributed by atoms with van der Waals surface area (Å²) in [5.41, 5.74) is 1.19. The zero-order chi connectivity index (χ0) is 13.3. The van der Waals surface area contributed by atoms with E-state index in [4.69, 9.17) is 5.11 Å². The molecule has 0 aromatic heterocycles. The van der Waals surface area contributed by atoms with Gasteiger partial charge in [-0.05, 0) is 44.4 Å². The van der Waals surface area contributed by atoms with E-state index >= 15 is 0 Å². The van der Waals surface area contributed by atoms with Crippen LogP contribution in [0.5, 0.6) is 0 Å². The van der Waals surface area contributed by atoms with E-state index in [1.54, 1.807) is 19.1 Å². The van der Waals surface area contributed by atoms with Gasteiger partial charge in [-0.1, -0.05) is 6.07 Å². The molecule has 0 radical (unpaired) electrons. The van der Waals surface area contributed by atoms with Crippen LogP contribution in [0.1, 0.15) is 35.7 Å². The molecular formula is C13H16N2O3. The topological polar surface area (TPSA) is 78.4 Å². The maximum atomic E-state index is 11.7. The third kappa shape index (κ3) is 2.61. The molecule has 3 N–H and O–H groups in total. The molecule has 0 bridgehead atoms. The predicted octanol–water partition coefficient (Wildman–Crippen LogP) is 2.37. The third-order valence-corrected chi connectivity index (χ3v) is 3.23. The van der Waals surface area contributed by atoms with E-state index in [0.29, 0.717) is 11.3 Å². The lowest BCUT2D eigenvalue weighted by Gasteiger charge is -2.14. The van der Waals surface area contributed by atoms with E-state index in [1.807, 2.05) is 6.92 Å². The number of carbonyl (C=O) groups excluding carboxylic acids is 1. The molecule has 0 atom stereocenters. The number of benzene rings is 1. The number of nitrogens with one attached hydrogen (secondary N) is 2. The van der Waals surface area contributed by atoms with Gasteiger partial charge in [0.25, 0.3) is 0 Å². The van der Waals surface area contributed by atoms with E-state index in [0.717, 1.165) is 12.8 Å². The largest absolute Gasteiger partial charge is 0.478 e. The van der Waals surface area contributed by atoms with Gasteiger partial charge in [0, 0.05) is 11.2 Å². The maximum absolute atomic E-state index is 11.7. The number of amides is 2. The van der Waals surface area contributed by atoms with Crippen LogP contribution < -0.4 is 10.6 Å². The normalized spacial score (nSPS) is 15.9. The van der Waals surface area contributed by atoms with Gasteiger partial charge in [-0.3, -0.25) is 0 Å². The molecule has 0 unspecified atom stereocenters. The van der Waals surface area contributed by atoms with Crippen molar-refractivity contribution in [2.45, 2.75) is 32.2 Å². The molecule has 5 nitrogen and oxygen atoms in total. The highest BCUT2D eigenvalue weighted by Crippen LogP contribution is 2.34. The van der Waals surface area contributed by atoms with Crippen LogP contribution in [0.4, 0.5) is 10.5 Å². The summed E-state index contributed by atoms with van der Waals surface area (Å²) in [7, 11) is 0. The van der Waals surface area contributed by atoms with Crippen LogP contribution in [-0.2, 0) is 0 Å². The average molecular weight is 248 g/mol. The number of rotatable bonds is 3. The van der Waals surface area contributed by atoms with Gasteiger partial charge in [0.1, 0.15) is 0 Å². The van der Waals surface area contributed by atoms with Crippen LogP contribution >= 0.6 is 0 Å². The number of hydrogen-bond donors (Lipinski definition) is 3. The van der Waals surface area contributed by atoms with Crippen molar-refractivity contribution in [3.63, 3.8) is 0 Å². The second-order valence-electron chi connectivity index (χ2n) is 4.92.